The van der Waals surface area contributed by atoms with Crippen LogP contribution in [0.4, 0.5) is 0 Å². The van der Waals surface area contributed by atoms with Crippen molar-refractivity contribution in [3.05, 3.63) is 78.0 Å². The Morgan fingerprint density at radius 3 is 2.44 bits per heavy atom. The summed E-state index contributed by atoms with van der Waals surface area (Å²) in [6.07, 6.45) is 3.23. The Morgan fingerprint density at radius 2 is 1.75 bits per heavy atom. The topological polar surface area (TPSA) is 92.8 Å². The molecule has 0 saturated heterocycles. The van der Waals surface area contributed by atoms with Gasteiger partial charge in [-0.1, -0.05) is 31.2 Å². The molecule has 4 aromatic rings. The van der Waals surface area contributed by atoms with E-state index in [1.165, 1.54) is 0 Å². The largest absolute Gasteiger partial charge is 0.497 e. The fraction of sp³-hybridized carbons (Fsp3) is 0.276. The second-order valence-electron chi connectivity index (χ2n) is 8.58. The van der Waals surface area contributed by atoms with Crippen molar-refractivity contribution in [2.75, 3.05) is 27.4 Å². The summed E-state index contributed by atoms with van der Waals surface area (Å²) in [5, 5.41) is 14.1. The van der Waals surface area contributed by atoms with Crippen molar-refractivity contribution in [3.8, 4) is 28.4 Å². The predicted molar refractivity (Wildman–Crippen MR) is 141 cm³/mol. The summed E-state index contributed by atoms with van der Waals surface area (Å²) in [4.78, 5) is 16.7. The quantitative estimate of drug-likeness (QED) is 0.277. The number of ether oxygens (including phenoxy) is 3. The molecular formula is C29H32N2O5. The number of aromatic nitrogens is 1. The molecule has 0 aliphatic heterocycles. The summed E-state index contributed by atoms with van der Waals surface area (Å²) in [5.74, 6) is 1.50. The lowest BCUT2D eigenvalue weighted by Gasteiger charge is -2.18. The molecule has 1 atom stereocenters. The van der Waals surface area contributed by atoms with Crippen molar-refractivity contribution in [1.82, 2.24) is 10.3 Å². The van der Waals surface area contributed by atoms with Gasteiger partial charge in [0.05, 0.1) is 39.0 Å². The number of para-hydroxylation sites is 1. The van der Waals surface area contributed by atoms with Crippen LogP contribution in [-0.4, -0.2) is 49.5 Å². The Balaban J connectivity index is 1.63. The summed E-state index contributed by atoms with van der Waals surface area (Å²) >= 11 is 0. The van der Waals surface area contributed by atoms with Crippen LogP contribution < -0.4 is 19.5 Å². The van der Waals surface area contributed by atoms with Gasteiger partial charge < -0.3 is 29.6 Å². The molecule has 0 radical (unpaired) electrons. The average molecular weight is 489 g/mol. The van der Waals surface area contributed by atoms with E-state index in [2.05, 4.69) is 10.3 Å². The molecule has 0 unspecified atom stereocenters. The first-order valence-corrected chi connectivity index (χ1v) is 12.0. The SMILES string of the molecule is CCCOc1ccc(-c2cc(OC)cc(OC)c2)cc1C(=O)N[C@@H](CO)Cc1c[nH]c2ccccc12. The molecular weight excluding hydrogens is 456 g/mol. The highest BCUT2D eigenvalue weighted by molar-refractivity contribution is 5.98. The van der Waals surface area contributed by atoms with Crippen molar-refractivity contribution in [3.63, 3.8) is 0 Å². The molecule has 7 heteroatoms. The second-order valence-corrected chi connectivity index (χ2v) is 8.58. The van der Waals surface area contributed by atoms with Crippen LogP contribution in [-0.2, 0) is 6.42 Å². The molecule has 36 heavy (non-hydrogen) atoms. The van der Waals surface area contributed by atoms with Crippen molar-refractivity contribution >= 4 is 16.8 Å². The van der Waals surface area contributed by atoms with Crippen LogP contribution in [0, 0.1) is 0 Å². The van der Waals surface area contributed by atoms with Gasteiger partial charge >= 0.3 is 0 Å². The van der Waals surface area contributed by atoms with Gasteiger partial charge in [-0.25, -0.2) is 0 Å². The third-order valence-corrected chi connectivity index (χ3v) is 6.07. The molecule has 3 aromatic carbocycles. The molecule has 4 rings (SSSR count). The molecule has 0 spiro atoms. The van der Waals surface area contributed by atoms with E-state index in [1.54, 1.807) is 32.4 Å². The minimum Gasteiger partial charge on any atom is -0.497 e. The minimum atomic E-state index is -0.462. The molecule has 188 valence electrons. The fourth-order valence-electron chi connectivity index (χ4n) is 4.19. The van der Waals surface area contributed by atoms with Crippen molar-refractivity contribution in [2.24, 2.45) is 0 Å². The van der Waals surface area contributed by atoms with Gasteiger partial charge in [0.1, 0.15) is 17.2 Å². The van der Waals surface area contributed by atoms with E-state index >= 15 is 0 Å². The Labute approximate surface area is 211 Å². The number of fused-ring (bicyclic) bond motifs is 1. The lowest BCUT2D eigenvalue weighted by Crippen LogP contribution is -2.39. The van der Waals surface area contributed by atoms with Crippen LogP contribution in [0.1, 0.15) is 29.3 Å². The number of rotatable bonds is 11. The van der Waals surface area contributed by atoms with Gasteiger partial charge in [-0.3, -0.25) is 4.79 Å². The first kappa shape index (κ1) is 25.1. The predicted octanol–water partition coefficient (Wildman–Crippen LogP) is 4.97. The summed E-state index contributed by atoms with van der Waals surface area (Å²) < 4.78 is 16.7. The average Bonchev–Trinajstić information content (AvgIpc) is 3.33. The van der Waals surface area contributed by atoms with E-state index in [-0.39, 0.29) is 12.5 Å². The van der Waals surface area contributed by atoms with Crippen LogP contribution >= 0.6 is 0 Å². The Hall–Kier alpha value is -3.97. The van der Waals surface area contributed by atoms with Gasteiger partial charge in [-0.15, -0.1) is 0 Å². The van der Waals surface area contributed by atoms with Crippen LogP contribution in [0.5, 0.6) is 17.2 Å². The summed E-state index contributed by atoms with van der Waals surface area (Å²) in [7, 11) is 3.20. The van der Waals surface area contributed by atoms with E-state index in [0.717, 1.165) is 34.0 Å². The summed E-state index contributed by atoms with van der Waals surface area (Å²) in [6.45, 7) is 2.31. The number of H-pyrrole nitrogens is 1. The maximum Gasteiger partial charge on any atom is 0.255 e. The highest BCUT2D eigenvalue weighted by atomic mass is 16.5. The molecule has 0 saturated carbocycles. The van der Waals surface area contributed by atoms with E-state index in [1.807, 2.05) is 55.6 Å². The number of aromatic amines is 1. The molecule has 0 fully saturated rings. The number of hydrogen-bond donors (Lipinski definition) is 3. The number of methoxy groups -OCH3 is 2. The lowest BCUT2D eigenvalue weighted by molar-refractivity contribution is 0.0912. The standard InChI is InChI=1S/C29H32N2O5/c1-4-11-36-28-10-9-19(20-13-23(34-2)16-24(14-20)35-3)15-26(28)29(33)31-22(18-32)12-21-17-30-27-8-6-5-7-25(21)27/h5-10,13-17,22,30,32H,4,11-12,18H2,1-3H3,(H,31,33)/t22-/m1/s1. The maximum absolute atomic E-state index is 13.5. The Bertz CT molecular complexity index is 1310. The summed E-state index contributed by atoms with van der Waals surface area (Å²) in [6, 6.07) is 18.6. The number of hydrogen-bond acceptors (Lipinski definition) is 5. The van der Waals surface area contributed by atoms with E-state index in [4.69, 9.17) is 14.2 Å². The van der Waals surface area contributed by atoms with Gasteiger partial charge in [0.25, 0.3) is 5.91 Å². The third kappa shape index (κ3) is 5.63. The zero-order valence-corrected chi connectivity index (χ0v) is 20.8. The fourth-order valence-corrected chi connectivity index (χ4v) is 4.19. The molecule has 1 aromatic heterocycles. The summed E-state index contributed by atoms with van der Waals surface area (Å²) in [5.41, 5.74) is 4.12. The Morgan fingerprint density at radius 1 is 1.00 bits per heavy atom. The van der Waals surface area contributed by atoms with Crippen molar-refractivity contribution in [2.45, 2.75) is 25.8 Å². The number of aliphatic hydroxyl groups is 1. The van der Waals surface area contributed by atoms with E-state index in [9.17, 15) is 9.90 Å². The van der Waals surface area contributed by atoms with Gasteiger partial charge in [-0.2, -0.15) is 0 Å². The zero-order chi connectivity index (χ0) is 25.5. The van der Waals surface area contributed by atoms with Crippen LogP contribution in [0.3, 0.4) is 0 Å². The molecule has 7 nitrogen and oxygen atoms in total. The van der Waals surface area contributed by atoms with Crippen LogP contribution in [0.25, 0.3) is 22.0 Å². The number of amides is 1. The zero-order valence-electron chi connectivity index (χ0n) is 20.8. The van der Waals surface area contributed by atoms with Gasteiger partial charge in [0.2, 0.25) is 0 Å². The normalized spacial score (nSPS) is 11.8. The minimum absolute atomic E-state index is 0.191. The highest BCUT2D eigenvalue weighted by Crippen LogP contribution is 2.33. The molecule has 0 aliphatic rings. The van der Waals surface area contributed by atoms with E-state index in [0.29, 0.717) is 35.8 Å². The molecule has 0 aliphatic carbocycles. The number of aliphatic hydroxyl groups excluding tert-OH is 1. The first-order chi connectivity index (χ1) is 17.6. The van der Waals surface area contributed by atoms with Crippen molar-refractivity contribution < 1.29 is 24.1 Å². The van der Waals surface area contributed by atoms with Gasteiger partial charge in [-0.05, 0) is 59.9 Å². The lowest BCUT2D eigenvalue weighted by atomic mass is 10.0. The molecule has 1 heterocycles. The number of benzene rings is 3. The molecule has 1 amide bonds. The number of nitrogens with one attached hydrogen (secondary N) is 2. The third-order valence-electron chi connectivity index (χ3n) is 6.07. The Kier molecular flexibility index (Phi) is 8.13. The van der Waals surface area contributed by atoms with Crippen LogP contribution in [0.2, 0.25) is 0 Å². The number of carbonyl (C=O) groups is 1. The molecule has 0 bridgehead atoms. The molecule has 3 N–H and O–H groups in total. The van der Waals surface area contributed by atoms with Crippen LogP contribution in [0.15, 0.2) is 66.9 Å². The highest BCUT2D eigenvalue weighted by Gasteiger charge is 2.20. The van der Waals surface area contributed by atoms with Gasteiger partial charge in [0.15, 0.2) is 0 Å². The monoisotopic (exact) mass is 488 g/mol. The number of carbonyl (C=O) groups excluding carboxylic acids is 1. The first-order valence-electron chi connectivity index (χ1n) is 12.0. The second kappa shape index (κ2) is 11.6. The smallest absolute Gasteiger partial charge is 0.255 e. The van der Waals surface area contributed by atoms with Crippen molar-refractivity contribution in [1.29, 1.82) is 0 Å². The maximum atomic E-state index is 13.5. The van der Waals surface area contributed by atoms with Gasteiger partial charge in [0, 0.05) is 23.2 Å². The van der Waals surface area contributed by atoms with E-state index < -0.39 is 6.04 Å².